The number of hydrogen-bond donors (Lipinski definition) is 2. The average molecular weight is 407 g/mol. The number of imidazole rings is 2. The summed E-state index contributed by atoms with van der Waals surface area (Å²) in [6.07, 6.45) is 3.66. The fourth-order valence-corrected chi connectivity index (χ4v) is 3.17. The van der Waals surface area contributed by atoms with E-state index in [2.05, 4.69) is 37.3 Å². The van der Waals surface area contributed by atoms with Crippen molar-refractivity contribution >= 4 is 27.4 Å². The number of anilines is 1. The first-order valence-corrected chi connectivity index (χ1v) is 8.86. The molecule has 2 N–H and O–H groups in total. The third kappa shape index (κ3) is 2.95. The molecule has 1 aromatic carbocycles. The van der Waals surface area contributed by atoms with Crippen LogP contribution in [-0.2, 0) is 6.54 Å². The molecule has 0 aliphatic rings. The maximum absolute atomic E-state index is 8.93. The second-order valence-corrected chi connectivity index (χ2v) is 6.84. The van der Waals surface area contributed by atoms with Crippen molar-refractivity contribution in [3.8, 4) is 17.5 Å². The number of rotatable bonds is 4. The van der Waals surface area contributed by atoms with Gasteiger partial charge in [-0.1, -0.05) is 12.1 Å². The lowest BCUT2D eigenvalue weighted by Crippen LogP contribution is -2.04. The minimum absolute atomic E-state index is 0.614. The van der Waals surface area contributed by atoms with Gasteiger partial charge in [0.1, 0.15) is 22.9 Å². The van der Waals surface area contributed by atoms with E-state index in [1.165, 1.54) is 0 Å². The molecule has 0 aliphatic carbocycles. The molecular formula is C19H15BrN6. The van der Waals surface area contributed by atoms with Crippen molar-refractivity contribution in [2.75, 3.05) is 5.32 Å². The van der Waals surface area contributed by atoms with Gasteiger partial charge in [-0.3, -0.25) is 4.40 Å². The van der Waals surface area contributed by atoms with Gasteiger partial charge in [0.15, 0.2) is 0 Å². The van der Waals surface area contributed by atoms with Crippen LogP contribution >= 0.6 is 15.9 Å². The Balaban J connectivity index is 1.75. The quantitative estimate of drug-likeness (QED) is 0.529. The van der Waals surface area contributed by atoms with Crippen LogP contribution in [0, 0.1) is 18.3 Å². The van der Waals surface area contributed by atoms with Gasteiger partial charge in [-0.15, -0.1) is 0 Å². The van der Waals surface area contributed by atoms with E-state index in [-0.39, 0.29) is 0 Å². The fourth-order valence-electron chi connectivity index (χ4n) is 2.83. The Morgan fingerprint density at radius 3 is 2.69 bits per heavy atom. The first-order valence-electron chi connectivity index (χ1n) is 8.06. The van der Waals surface area contributed by atoms with Crippen LogP contribution in [0.4, 0.5) is 5.82 Å². The van der Waals surface area contributed by atoms with Crippen molar-refractivity contribution in [1.82, 2.24) is 19.4 Å². The van der Waals surface area contributed by atoms with Gasteiger partial charge in [0.25, 0.3) is 0 Å². The van der Waals surface area contributed by atoms with Gasteiger partial charge < -0.3 is 10.3 Å². The largest absolute Gasteiger partial charge is 0.365 e. The van der Waals surface area contributed by atoms with Crippen LogP contribution in [0.15, 0.2) is 53.4 Å². The molecule has 6 nitrogen and oxygen atoms in total. The molecule has 4 rings (SSSR count). The Bertz CT molecular complexity index is 1120. The predicted octanol–water partition coefficient (Wildman–Crippen LogP) is 4.28. The van der Waals surface area contributed by atoms with Crippen LogP contribution in [0.1, 0.15) is 16.8 Å². The topological polar surface area (TPSA) is 81.8 Å². The summed E-state index contributed by atoms with van der Waals surface area (Å²) >= 11 is 3.52. The standard InChI is InChI=1S/C19H15BrN6/c1-12-17(24-11-23-12)18-19(26-10-15(20)6-7-16(26)25-18)22-9-14-4-2-13(8-21)3-5-14/h2-7,10-11,22H,9H2,1H3,(H,23,24). The summed E-state index contributed by atoms with van der Waals surface area (Å²) in [5.74, 6) is 0.876. The van der Waals surface area contributed by atoms with Gasteiger partial charge in [-0.2, -0.15) is 5.26 Å². The number of nitrogens with one attached hydrogen (secondary N) is 2. The first kappa shape index (κ1) is 16.4. The van der Waals surface area contributed by atoms with E-state index >= 15 is 0 Å². The van der Waals surface area contributed by atoms with Crippen molar-refractivity contribution < 1.29 is 0 Å². The van der Waals surface area contributed by atoms with Crippen LogP contribution in [0.2, 0.25) is 0 Å². The molecule has 0 unspecified atom stereocenters. The molecule has 0 amide bonds. The zero-order valence-electron chi connectivity index (χ0n) is 14.0. The van der Waals surface area contributed by atoms with Crippen molar-refractivity contribution in [3.63, 3.8) is 0 Å². The van der Waals surface area contributed by atoms with Gasteiger partial charge in [0, 0.05) is 22.9 Å². The molecular weight excluding hydrogens is 392 g/mol. The van der Waals surface area contributed by atoms with Crippen molar-refractivity contribution in [1.29, 1.82) is 5.26 Å². The second kappa shape index (κ2) is 6.65. The molecule has 4 aromatic rings. The summed E-state index contributed by atoms with van der Waals surface area (Å²) in [7, 11) is 0. The number of aromatic nitrogens is 4. The number of nitriles is 1. The third-order valence-electron chi connectivity index (χ3n) is 4.18. The Kier molecular flexibility index (Phi) is 4.19. The van der Waals surface area contributed by atoms with E-state index in [0.717, 1.165) is 38.6 Å². The molecule has 0 aliphatic heterocycles. The molecule has 0 fully saturated rings. The highest BCUT2D eigenvalue weighted by atomic mass is 79.9. The van der Waals surface area contributed by atoms with Gasteiger partial charge in [0.05, 0.1) is 18.0 Å². The van der Waals surface area contributed by atoms with Gasteiger partial charge >= 0.3 is 0 Å². The summed E-state index contributed by atoms with van der Waals surface area (Å²) in [6.45, 7) is 2.59. The highest BCUT2D eigenvalue weighted by molar-refractivity contribution is 9.10. The summed E-state index contributed by atoms with van der Waals surface area (Å²) in [5.41, 5.74) is 5.17. The highest BCUT2D eigenvalue weighted by Gasteiger charge is 2.17. The van der Waals surface area contributed by atoms with E-state index in [1.807, 2.05) is 53.9 Å². The summed E-state index contributed by atoms with van der Waals surface area (Å²) in [5, 5.41) is 12.4. The predicted molar refractivity (Wildman–Crippen MR) is 104 cm³/mol. The molecule has 0 atom stereocenters. The number of aromatic amines is 1. The Labute approximate surface area is 158 Å². The normalized spacial score (nSPS) is 10.8. The van der Waals surface area contributed by atoms with Crippen LogP contribution in [0.25, 0.3) is 17.0 Å². The van der Waals surface area contributed by atoms with E-state index in [4.69, 9.17) is 10.2 Å². The number of pyridine rings is 1. The number of halogens is 1. The van der Waals surface area contributed by atoms with Crippen LogP contribution in [0.3, 0.4) is 0 Å². The van der Waals surface area contributed by atoms with E-state index in [9.17, 15) is 0 Å². The lowest BCUT2D eigenvalue weighted by atomic mass is 10.1. The molecule has 0 spiro atoms. The smallest absolute Gasteiger partial charge is 0.140 e. The Hall–Kier alpha value is -3.11. The van der Waals surface area contributed by atoms with Crippen LogP contribution < -0.4 is 5.32 Å². The van der Waals surface area contributed by atoms with Crippen molar-refractivity contribution in [2.45, 2.75) is 13.5 Å². The summed E-state index contributed by atoms with van der Waals surface area (Å²) in [6, 6.07) is 13.6. The lowest BCUT2D eigenvalue weighted by molar-refractivity contribution is 1.08. The maximum atomic E-state index is 8.93. The molecule has 7 heteroatoms. The zero-order chi connectivity index (χ0) is 18.1. The van der Waals surface area contributed by atoms with E-state index in [1.54, 1.807) is 6.33 Å². The molecule has 3 aromatic heterocycles. The minimum Gasteiger partial charge on any atom is -0.365 e. The summed E-state index contributed by atoms with van der Waals surface area (Å²) in [4.78, 5) is 12.3. The van der Waals surface area contributed by atoms with E-state index < -0.39 is 0 Å². The van der Waals surface area contributed by atoms with Crippen LogP contribution in [-0.4, -0.2) is 19.4 Å². The second-order valence-electron chi connectivity index (χ2n) is 5.92. The average Bonchev–Trinajstić information content (AvgIpc) is 3.23. The maximum Gasteiger partial charge on any atom is 0.140 e. The number of nitrogens with zero attached hydrogens (tertiary/aromatic N) is 4. The van der Waals surface area contributed by atoms with Gasteiger partial charge in [0.2, 0.25) is 0 Å². The molecule has 0 radical (unpaired) electrons. The zero-order valence-corrected chi connectivity index (χ0v) is 15.6. The molecule has 128 valence electrons. The molecule has 3 heterocycles. The molecule has 26 heavy (non-hydrogen) atoms. The van der Waals surface area contributed by atoms with Crippen molar-refractivity contribution in [3.05, 3.63) is 70.2 Å². The molecule has 0 saturated heterocycles. The number of benzene rings is 1. The van der Waals surface area contributed by atoms with Crippen molar-refractivity contribution in [2.24, 2.45) is 0 Å². The minimum atomic E-state index is 0.614. The molecule has 0 saturated carbocycles. The summed E-state index contributed by atoms with van der Waals surface area (Å²) < 4.78 is 2.98. The Morgan fingerprint density at radius 2 is 2.00 bits per heavy atom. The number of fused-ring (bicyclic) bond motifs is 1. The third-order valence-corrected chi connectivity index (χ3v) is 4.65. The molecule has 0 bridgehead atoms. The van der Waals surface area contributed by atoms with E-state index in [0.29, 0.717) is 12.1 Å². The van der Waals surface area contributed by atoms with Gasteiger partial charge in [-0.25, -0.2) is 9.97 Å². The monoisotopic (exact) mass is 406 g/mol. The number of hydrogen-bond acceptors (Lipinski definition) is 4. The fraction of sp³-hybridized carbons (Fsp3) is 0.105. The van der Waals surface area contributed by atoms with Crippen LogP contribution in [0.5, 0.6) is 0 Å². The SMILES string of the molecule is Cc1[nH]cnc1-c1nc2ccc(Br)cn2c1NCc1ccc(C#N)cc1. The number of H-pyrrole nitrogens is 1. The first-order chi connectivity index (χ1) is 12.7. The Morgan fingerprint density at radius 1 is 1.19 bits per heavy atom. The number of aryl methyl sites for hydroxylation is 1. The highest BCUT2D eigenvalue weighted by Crippen LogP contribution is 2.30. The lowest BCUT2D eigenvalue weighted by Gasteiger charge is -2.09. The van der Waals surface area contributed by atoms with Gasteiger partial charge in [-0.05, 0) is 52.7 Å².